The number of aryl methyl sites for hydroxylation is 1. The molecule has 0 bridgehead atoms. The van der Waals surface area contributed by atoms with Crippen LogP contribution in [0.3, 0.4) is 0 Å². The molecule has 158 valence electrons. The lowest BCUT2D eigenvalue weighted by molar-refractivity contribution is -0.114. The Hall–Kier alpha value is -3.33. The predicted octanol–water partition coefficient (Wildman–Crippen LogP) is 2.79. The molecule has 8 nitrogen and oxygen atoms in total. The molecule has 2 amide bonds. The molecule has 30 heavy (non-hydrogen) atoms. The van der Waals surface area contributed by atoms with Crippen LogP contribution in [0.25, 0.3) is 10.9 Å². The molecule has 0 atom stereocenters. The highest BCUT2D eigenvalue weighted by atomic mass is 32.2. The lowest BCUT2D eigenvalue weighted by Gasteiger charge is -2.13. The first-order valence-electron chi connectivity index (χ1n) is 9.44. The van der Waals surface area contributed by atoms with Crippen molar-refractivity contribution in [1.82, 2.24) is 9.88 Å². The third kappa shape index (κ3) is 5.60. The third-order valence-electron chi connectivity index (χ3n) is 4.42. The molecule has 0 fully saturated rings. The van der Waals surface area contributed by atoms with E-state index in [2.05, 4.69) is 19.9 Å². The highest BCUT2D eigenvalue weighted by Gasteiger charge is 2.15. The van der Waals surface area contributed by atoms with Gasteiger partial charge >= 0.3 is 0 Å². The average Bonchev–Trinajstić information content (AvgIpc) is 3.08. The van der Waals surface area contributed by atoms with E-state index in [0.29, 0.717) is 18.7 Å². The number of carbonyl (C=O) groups is 2. The number of benzene rings is 2. The zero-order chi connectivity index (χ0) is 21.7. The number of hydrogen-bond acceptors (Lipinski definition) is 4. The number of para-hydroxylation sites is 1. The number of nitrogens with zero attached hydrogens (tertiary/aromatic N) is 1. The Balaban J connectivity index is 1.67. The van der Waals surface area contributed by atoms with Crippen molar-refractivity contribution in [3.05, 3.63) is 60.3 Å². The number of anilines is 2. The van der Waals surface area contributed by atoms with E-state index in [-0.39, 0.29) is 17.2 Å². The van der Waals surface area contributed by atoms with Crippen LogP contribution in [-0.4, -0.2) is 37.6 Å². The molecule has 0 radical (unpaired) electrons. The fraction of sp³-hybridized carbons (Fsp3) is 0.238. The van der Waals surface area contributed by atoms with Crippen molar-refractivity contribution >= 4 is 44.1 Å². The summed E-state index contributed by atoms with van der Waals surface area (Å²) in [7, 11) is -3.57. The molecule has 0 spiro atoms. The molecule has 0 unspecified atom stereocenters. The maximum atomic E-state index is 12.7. The van der Waals surface area contributed by atoms with Crippen LogP contribution in [0.5, 0.6) is 0 Å². The normalized spacial score (nSPS) is 11.3. The number of sulfonamides is 1. The largest absolute Gasteiger partial charge is 0.352 e. The van der Waals surface area contributed by atoms with Crippen molar-refractivity contribution in [2.75, 3.05) is 22.8 Å². The summed E-state index contributed by atoms with van der Waals surface area (Å²) in [5.41, 5.74) is 1.83. The minimum absolute atomic E-state index is 0.137. The van der Waals surface area contributed by atoms with E-state index in [1.54, 1.807) is 0 Å². The van der Waals surface area contributed by atoms with E-state index < -0.39 is 15.9 Å². The van der Waals surface area contributed by atoms with E-state index in [4.69, 9.17) is 0 Å². The highest BCUT2D eigenvalue weighted by Crippen LogP contribution is 2.22. The van der Waals surface area contributed by atoms with Gasteiger partial charge < -0.3 is 15.2 Å². The maximum absolute atomic E-state index is 12.7. The second-order valence-corrected chi connectivity index (χ2v) is 8.74. The summed E-state index contributed by atoms with van der Waals surface area (Å²) < 4.78 is 27.7. The topological polar surface area (TPSA) is 109 Å². The van der Waals surface area contributed by atoms with Gasteiger partial charge in [-0.2, -0.15) is 0 Å². The Morgan fingerprint density at radius 2 is 1.83 bits per heavy atom. The van der Waals surface area contributed by atoms with E-state index in [0.717, 1.165) is 23.7 Å². The first-order chi connectivity index (χ1) is 14.2. The van der Waals surface area contributed by atoms with Gasteiger partial charge in [-0.15, -0.1) is 0 Å². The summed E-state index contributed by atoms with van der Waals surface area (Å²) in [6.45, 7) is 2.50. The zero-order valence-electron chi connectivity index (χ0n) is 16.8. The first-order valence-corrected chi connectivity index (χ1v) is 11.3. The van der Waals surface area contributed by atoms with Crippen molar-refractivity contribution in [2.24, 2.45) is 0 Å². The van der Waals surface area contributed by atoms with Crippen molar-refractivity contribution < 1.29 is 18.0 Å². The number of fused-ring (bicyclic) bond motifs is 1. The van der Waals surface area contributed by atoms with Crippen LogP contribution in [-0.2, 0) is 21.4 Å². The first kappa shape index (κ1) is 21.4. The van der Waals surface area contributed by atoms with Crippen LogP contribution in [0, 0.1) is 0 Å². The molecule has 3 rings (SSSR count). The molecule has 3 aromatic rings. The number of hydrogen-bond donors (Lipinski definition) is 3. The molecule has 0 saturated heterocycles. The fourth-order valence-corrected chi connectivity index (χ4v) is 3.76. The molecule has 0 aliphatic carbocycles. The number of carbonyl (C=O) groups excluding carboxylic acids is 2. The smallest absolute Gasteiger partial charge is 0.253 e. The summed E-state index contributed by atoms with van der Waals surface area (Å²) in [4.78, 5) is 24.0. The van der Waals surface area contributed by atoms with Crippen LogP contribution in [0.15, 0.2) is 54.7 Å². The summed E-state index contributed by atoms with van der Waals surface area (Å²) in [6, 6.07) is 14.5. The van der Waals surface area contributed by atoms with Crippen molar-refractivity contribution in [2.45, 2.75) is 19.9 Å². The molecule has 2 aromatic carbocycles. The van der Waals surface area contributed by atoms with Gasteiger partial charge in [0.05, 0.1) is 17.5 Å². The number of aromatic nitrogens is 1. The highest BCUT2D eigenvalue weighted by molar-refractivity contribution is 7.92. The van der Waals surface area contributed by atoms with Crippen molar-refractivity contribution in [1.29, 1.82) is 0 Å². The lowest BCUT2D eigenvalue weighted by Crippen LogP contribution is -2.27. The van der Waals surface area contributed by atoms with Crippen LogP contribution < -0.4 is 15.4 Å². The molecule has 0 saturated carbocycles. The molecular formula is C21H24N4O4S. The van der Waals surface area contributed by atoms with Crippen LogP contribution in [0.2, 0.25) is 0 Å². The van der Waals surface area contributed by atoms with Gasteiger partial charge in [-0.3, -0.25) is 14.3 Å². The number of rotatable bonds is 8. The standard InChI is InChI=1S/C21H24N4O4S/c1-15(26)23-17-8-9-19(24-30(2,28)29)18(14-17)21(27)22-11-5-12-25-13-10-16-6-3-4-7-20(16)25/h3-4,6-10,13-14,24H,5,11-12H2,1-2H3,(H,22,27)(H,23,26). The summed E-state index contributed by atoms with van der Waals surface area (Å²) >= 11 is 0. The van der Waals surface area contributed by atoms with Crippen molar-refractivity contribution in [3.63, 3.8) is 0 Å². The van der Waals surface area contributed by atoms with E-state index in [9.17, 15) is 18.0 Å². The summed E-state index contributed by atoms with van der Waals surface area (Å²) in [6.07, 6.45) is 3.72. The monoisotopic (exact) mass is 428 g/mol. The van der Waals surface area contributed by atoms with Gasteiger partial charge in [-0.25, -0.2) is 8.42 Å². The second kappa shape index (κ2) is 9.00. The third-order valence-corrected chi connectivity index (χ3v) is 5.01. The van der Waals surface area contributed by atoms with Gasteiger partial charge in [0, 0.05) is 37.4 Å². The molecule has 0 aliphatic rings. The Bertz CT molecular complexity index is 1180. The second-order valence-electron chi connectivity index (χ2n) is 6.99. The Morgan fingerprint density at radius 1 is 1.07 bits per heavy atom. The maximum Gasteiger partial charge on any atom is 0.253 e. The quantitative estimate of drug-likeness (QED) is 0.479. The average molecular weight is 429 g/mol. The van der Waals surface area contributed by atoms with Gasteiger partial charge in [-0.1, -0.05) is 18.2 Å². The fourth-order valence-electron chi connectivity index (χ4n) is 3.18. The zero-order valence-corrected chi connectivity index (χ0v) is 17.6. The lowest BCUT2D eigenvalue weighted by atomic mass is 10.1. The van der Waals surface area contributed by atoms with E-state index in [1.807, 2.05) is 36.5 Å². The van der Waals surface area contributed by atoms with Gasteiger partial charge in [0.15, 0.2) is 0 Å². The molecule has 1 heterocycles. The SMILES string of the molecule is CC(=O)Nc1ccc(NS(C)(=O)=O)c(C(=O)NCCCn2ccc3ccccc32)c1. The molecule has 9 heteroatoms. The molecule has 1 aromatic heterocycles. The van der Waals surface area contributed by atoms with E-state index in [1.165, 1.54) is 25.1 Å². The Labute approximate surface area is 175 Å². The summed E-state index contributed by atoms with van der Waals surface area (Å²) in [5.74, 6) is -0.713. The minimum atomic E-state index is -3.57. The van der Waals surface area contributed by atoms with Gasteiger partial charge in [0.2, 0.25) is 15.9 Å². The van der Waals surface area contributed by atoms with Crippen LogP contribution >= 0.6 is 0 Å². The number of amides is 2. The molecule has 0 aliphatic heterocycles. The van der Waals surface area contributed by atoms with Gasteiger partial charge in [0.25, 0.3) is 5.91 Å². The number of nitrogens with one attached hydrogen (secondary N) is 3. The Kier molecular flexibility index (Phi) is 6.41. The minimum Gasteiger partial charge on any atom is -0.352 e. The van der Waals surface area contributed by atoms with Crippen LogP contribution in [0.4, 0.5) is 11.4 Å². The van der Waals surface area contributed by atoms with Gasteiger partial charge in [-0.05, 0) is 42.1 Å². The predicted molar refractivity (Wildman–Crippen MR) is 118 cm³/mol. The molecular weight excluding hydrogens is 404 g/mol. The Morgan fingerprint density at radius 3 is 2.57 bits per heavy atom. The van der Waals surface area contributed by atoms with Crippen molar-refractivity contribution in [3.8, 4) is 0 Å². The van der Waals surface area contributed by atoms with E-state index >= 15 is 0 Å². The van der Waals surface area contributed by atoms with Crippen LogP contribution in [0.1, 0.15) is 23.7 Å². The molecule has 3 N–H and O–H groups in total. The summed E-state index contributed by atoms with van der Waals surface area (Å²) in [5, 5.41) is 6.57. The van der Waals surface area contributed by atoms with Gasteiger partial charge in [0.1, 0.15) is 0 Å².